The molecule has 2 unspecified atom stereocenters. The molecule has 1 aliphatic rings. The van der Waals surface area contributed by atoms with Crippen molar-refractivity contribution in [1.82, 2.24) is 0 Å². The SMILES string of the molecule is CCC1CCC(OC)C1. The second-order valence-electron chi connectivity index (χ2n) is 2.95. The summed E-state index contributed by atoms with van der Waals surface area (Å²) in [6.45, 7) is 2.27. The summed E-state index contributed by atoms with van der Waals surface area (Å²) in [7, 11) is 1.82. The van der Waals surface area contributed by atoms with Crippen LogP contribution >= 0.6 is 0 Å². The van der Waals surface area contributed by atoms with E-state index in [9.17, 15) is 0 Å². The van der Waals surface area contributed by atoms with Gasteiger partial charge in [0.05, 0.1) is 6.10 Å². The van der Waals surface area contributed by atoms with Crippen LogP contribution in [0.3, 0.4) is 0 Å². The van der Waals surface area contributed by atoms with Crippen LogP contribution in [-0.2, 0) is 4.74 Å². The third-order valence-electron chi connectivity index (χ3n) is 2.40. The molecule has 0 aliphatic heterocycles. The highest BCUT2D eigenvalue weighted by Crippen LogP contribution is 2.29. The van der Waals surface area contributed by atoms with Crippen molar-refractivity contribution < 1.29 is 4.74 Å². The van der Waals surface area contributed by atoms with Crippen molar-refractivity contribution in [1.29, 1.82) is 0 Å². The van der Waals surface area contributed by atoms with Crippen molar-refractivity contribution in [3.63, 3.8) is 0 Å². The molecule has 0 aromatic rings. The van der Waals surface area contributed by atoms with Crippen LogP contribution in [0.4, 0.5) is 0 Å². The van der Waals surface area contributed by atoms with Crippen molar-refractivity contribution in [2.75, 3.05) is 7.11 Å². The fourth-order valence-corrected chi connectivity index (χ4v) is 1.61. The maximum atomic E-state index is 5.24. The van der Waals surface area contributed by atoms with Gasteiger partial charge in [-0.15, -0.1) is 0 Å². The van der Waals surface area contributed by atoms with E-state index in [1.807, 2.05) is 7.11 Å². The lowest BCUT2D eigenvalue weighted by atomic mass is 10.1. The summed E-state index contributed by atoms with van der Waals surface area (Å²) in [4.78, 5) is 0. The average molecular weight is 128 g/mol. The monoisotopic (exact) mass is 128 g/mol. The quantitative estimate of drug-likeness (QED) is 0.554. The lowest BCUT2D eigenvalue weighted by Gasteiger charge is -2.06. The lowest BCUT2D eigenvalue weighted by Crippen LogP contribution is -2.04. The van der Waals surface area contributed by atoms with Crippen LogP contribution in [0.1, 0.15) is 32.6 Å². The zero-order chi connectivity index (χ0) is 6.69. The van der Waals surface area contributed by atoms with Crippen molar-refractivity contribution in [2.24, 2.45) is 5.92 Å². The van der Waals surface area contributed by atoms with Gasteiger partial charge in [-0.3, -0.25) is 0 Å². The van der Waals surface area contributed by atoms with Gasteiger partial charge in [-0.1, -0.05) is 13.3 Å². The second kappa shape index (κ2) is 3.21. The normalized spacial score (nSPS) is 35.3. The van der Waals surface area contributed by atoms with Crippen LogP contribution in [-0.4, -0.2) is 13.2 Å². The maximum absolute atomic E-state index is 5.24. The molecule has 0 bridgehead atoms. The molecular formula is C8H16O. The van der Waals surface area contributed by atoms with Gasteiger partial charge in [-0.2, -0.15) is 0 Å². The van der Waals surface area contributed by atoms with Crippen LogP contribution in [0.25, 0.3) is 0 Å². The molecule has 1 nitrogen and oxygen atoms in total. The number of hydrogen-bond acceptors (Lipinski definition) is 1. The molecule has 1 heteroatoms. The van der Waals surface area contributed by atoms with Crippen molar-refractivity contribution in [2.45, 2.75) is 38.7 Å². The molecule has 1 fully saturated rings. The third kappa shape index (κ3) is 1.68. The Morgan fingerprint density at radius 2 is 2.22 bits per heavy atom. The Bertz CT molecular complexity index is 70.6. The average Bonchev–Trinajstić information content (AvgIpc) is 2.34. The largest absolute Gasteiger partial charge is 0.381 e. The van der Waals surface area contributed by atoms with E-state index in [4.69, 9.17) is 4.74 Å². The van der Waals surface area contributed by atoms with Gasteiger partial charge in [0.25, 0.3) is 0 Å². The Kier molecular flexibility index (Phi) is 2.52. The minimum absolute atomic E-state index is 0.579. The van der Waals surface area contributed by atoms with E-state index in [1.54, 1.807) is 0 Å². The fourth-order valence-electron chi connectivity index (χ4n) is 1.61. The van der Waals surface area contributed by atoms with E-state index in [2.05, 4.69) is 6.92 Å². The minimum Gasteiger partial charge on any atom is -0.381 e. The molecule has 1 saturated carbocycles. The molecule has 0 radical (unpaired) electrons. The molecule has 2 atom stereocenters. The molecule has 0 heterocycles. The molecule has 0 spiro atoms. The summed E-state index contributed by atoms with van der Waals surface area (Å²) < 4.78 is 5.24. The summed E-state index contributed by atoms with van der Waals surface area (Å²) in [5.41, 5.74) is 0. The smallest absolute Gasteiger partial charge is 0.0574 e. The maximum Gasteiger partial charge on any atom is 0.0574 e. The Morgan fingerprint density at radius 1 is 1.44 bits per heavy atom. The molecule has 0 amide bonds. The first kappa shape index (κ1) is 7.07. The van der Waals surface area contributed by atoms with Crippen LogP contribution in [0.2, 0.25) is 0 Å². The zero-order valence-corrected chi connectivity index (χ0v) is 6.39. The van der Waals surface area contributed by atoms with E-state index in [-0.39, 0.29) is 0 Å². The van der Waals surface area contributed by atoms with Gasteiger partial charge >= 0.3 is 0 Å². The van der Waals surface area contributed by atoms with E-state index in [0.717, 1.165) is 5.92 Å². The van der Waals surface area contributed by atoms with Crippen molar-refractivity contribution in [3.05, 3.63) is 0 Å². The highest BCUT2D eigenvalue weighted by atomic mass is 16.5. The minimum atomic E-state index is 0.579. The van der Waals surface area contributed by atoms with E-state index in [0.29, 0.717) is 6.10 Å². The first-order chi connectivity index (χ1) is 4.36. The number of rotatable bonds is 2. The number of methoxy groups -OCH3 is 1. The lowest BCUT2D eigenvalue weighted by molar-refractivity contribution is 0.105. The Labute approximate surface area is 57.4 Å². The van der Waals surface area contributed by atoms with Gasteiger partial charge in [-0.05, 0) is 25.2 Å². The predicted octanol–water partition coefficient (Wildman–Crippen LogP) is 2.21. The Morgan fingerprint density at radius 3 is 2.56 bits per heavy atom. The van der Waals surface area contributed by atoms with Gasteiger partial charge in [0.15, 0.2) is 0 Å². The van der Waals surface area contributed by atoms with Crippen molar-refractivity contribution in [3.8, 4) is 0 Å². The van der Waals surface area contributed by atoms with Crippen LogP contribution < -0.4 is 0 Å². The molecule has 9 heavy (non-hydrogen) atoms. The molecule has 1 aliphatic carbocycles. The van der Waals surface area contributed by atoms with Gasteiger partial charge in [0.1, 0.15) is 0 Å². The summed E-state index contributed by atoms with van der Waals surface area (Å²) >= 11 is 0. The summed E-state index contributed by atoms with van der Waals surface area (Å²) in [5.74, 6) is 0.954. The van der Waals surface area contributed by atoms with Gasteiger partial charge in [0, 0.05) is 7.11 Å². The summed E-state index contributed by atoms with van der Waals surface area (Å²) in [6, 6.07) is 0. The number of ether oxygens (including phenoxy) is 1. The van der Waals surface area contributed by atoms with Gasteiger partial charge in [-0.25, -0.2) is 0 Å². The molecule has 0 aromatic carbocycles. The summed E-state index contributed by atoms with van der Waals surface area (Å²) in [6.07, 6.45) is 5.88. The number of hydrogen-bond donors (Lipinski definition) is 0. The first-order valence-corrected chi connectivity index (χ1v) is 3.89. The second-order valence-corrected chi connectivity index (χ2v) is 2.95. The topological polar surface area (TPSA) is 9.23 Å². The van der Waals surface area contributed by atoms with Crippen LogP contribution in [0.15, 0.2) is 0 Å². The Balaban J connectivity index is 2.20. The first-order valence-electron chi connectivity index (χ1n) is 3.89. The third-order valence-corrected chi connectivity index (χ3v) is 2.40. The highest BCUT2D eigenvalue weighted by molar-refractivity contribution is 4.74. The molecular weight excluding hydrogens is 112 g/mol. The Hall–Kier alpha value is -0.0400. The molecule has 1 rings (SSSR count). The van der Waals surface area contributed by atoms with Crippen molar-refractivity contribution >= 4 is 0 Å². The molecule has 0 N–H and O–H groups in total. The molecule has 54 valence electrons. The van der Waals surface area contributed by atoms with Crippen LogP contribution in [0, 0.1) is 5.92 Å². The standard InChI is InChI=1S/C8H16O/c1-3-7-4-5-8(6-7)9-2/h7-8H,3-6H2,1-2H3. The predicted molar refractivity (Wildman–Crippen MR) is 38.4 cm³/mol. The fraction of sp³-hybridized carbons (Fsp3) is 1.00. The molecule has 0 aromatic heterocycles. The van der Waals surface area contributed by atoms with Crippen LogP contribution in [0.5, 0.6) is 0 Å². The van der Waals surface area contributed by atoms with E-state index in [1.165, 1.54) is 25.7 Å². The van der Waals surface area contributed by atoms with Gasteiger partial charge < -0.3 is 4.74 Å². The van der Waals surface area contributed by atoms with E-state index >= 15 is 0 Å². The van der Waals surface area contributed by atoms with E-state index < -0.39 is 0 Å². The van der Waals surface area contributed by atoms with Gasteiger partial charge in [0.2, 0.25) is 0 Å². The summed E-state index contributed by atoms with van der Waals surface area (Å²) in [5, 5.41) is 0. The zero-order valence-electron chi connectivity index (χ0n) is 6.39. The molecule has 0 saturated heterocycles. The highest BCUT2D eigenvalue weighted by Gasteiger charge is 2.22.